The number of hydrogen-bond donors (Lipinski definition) is 1. The summed E-state index contributed by atoms with van der Waals surface area (Å²) in [5.41, 5.74) is 2.09. The molecule has 6 nitrogen and oxygen atoms in total. The van der Waals surface area contributed by atoms with Crippen molar-refractivity contribution in [1.29, 1.82) is 0 Å². The molecule has 2 heterocycles. The monoisotopic (exact) mass is 407 g/mol. The maximum atomic E-state index is 13.2. The van der Waals surface area contributed by atoms with Crippen LogP contribution in [0.3, 0.4) is 0 Å². The Kier molecular flexibility index (Phi) is 5.88. The molecule has 1 saturated heterocycles. The van der Waals surface area contributed by atoms with Crippen LogP contribution in [-0.2, 0) is 21.4 Å². The number of nitrogens with one attached hydrogen (secondary N) is 1. The number of carbonyl (C=O) groups excluding carboxylic acids is 1. The molecule has 0 bridgehead atoms. The minimum Gasteiger partial charge on any atom is -0.378 e. The zero-order valence-electron chi connectivity index (χ0n) is 15.8. The number of thiophene rings is 1. The number of nitrogens with zero attached hydrogens (tertiary/aromatic N) is 2. The average Bonchev–Trinajstić information content (AvgIpc) is 3.30. The summed E-state index contributed by atoms with van der Waals surface area (Å²) in [4.78, 5) is 13.9. The predicted molar refractivity (Wildman–Crippen MR) is 108 cm³/mol. The summed E-state index contributed by atoms with van der Waals surface area (Å²) in [6.45, 7) is 2.32. The Morgan fingerprint density at radius 1 is 1.30 bits per heavy atom. The first-order valence-corrected chi connectivity index (χ1v) is 11.2. The van der Waals surface area contributed by atoms with Crippen molar-refractivity contribution in [3.05, 3.63) is 46.8 Å². The summed E-state index contributed by atoms with van der Waals surface area (Å²) in [5.74, 6) is -0.131. The van der Waals surface area contributed by atoms with Gasteiger partial charge in [0.15, 0.2) is 0 Å². The second-order valence-corrected chi connectivity index (χ2v) is 10.2. The van der Waals surface area contributed by atoms with E-state index in [4.69, 9.17) is 0 Å². The van der Waals surface area contributed by atoms with Crippen LogP contribution in [0.25, 0.3) is 0 Å². The predicted octanol–water partition coefficient (Wildman–Crippen LogP) is 2.98. The van der Waals surface area contributed by atoms with Gasteiger partial charge < -0.3 is 10.2 Å². The first-order chi connectivity index (χ1) is 12.8. The van der Waals surface area contributed by atoms with E-state index in [1.165, 1.54) is 18.3 Å². The van der Waals surface area contributed by atoms with Gasteiger partial charge in [-0.15, -0.1) is 11.3 Å². The fraction of sp³-hybridized carbons (Fsp3) is 0.421. The number of sulfonamides is 1. The molecule has 8 heteroatoms. The Bertz CT molecular complexity index is 922. The normalized spacial score (nSPS) is 17.8. The fourth-order valence-electron chi connectivity index (χ4n) is 3.29. The zero-order valence-corrected chi connectivity index (χ0v) is 17.4. The number of hydrogen-bond acceptors (Lipinski definition) is 5. The molecule has 2 aromatic rings. The van der Waals surface area contributed by atoms with Crippen molar-refractivity contribution in [3.8, 4) is 0 Å². The molecule has 0 saturated carbocycles. The second kappa shape index (κ2) is 8.00. The summed E-state index contributed by atoms with van der Waals surface area (Å²) in [6, 6.07) is 11.3. The third-order valence-electron chi connectivity index (χ3n) is 4.69. The topological polar surface area (TPSA) is 69.7 Å². The molecule has 1 unspecified atom stereocenters. The van der Waals surface area contributed by atoms with Crippen molar-refractivity contribution >= 4 is 33.0 Å². The molecule has 1 aromatic heterocycles. The lowest BCUT2D eigenvalue weighted by atomic mass is 10.0. The molecule has 1 fully saturated rings. The summed E-state index contributed by atoms with van der Waals surface area (Å²) in [7, 11) is 0.392. The number of carbonyl (C=O) groups is 1. The van der Waals surface area contributed by atoms with Gasteiger partial charge in [-0.3, -0.25) is 4.79 Å². The Morgan fingerprint density at radius 2 is 2.07 bits per heavy atom. The van der Waals surface area contributed by atoms with E-state index in [9.17, 15) is 13.2 Å². The van der Waals surface area contributed by atoms with Crippen molar-refractivity contribution in [1.82, 2.24) is 9.62 Å². The van der Waals surface area contributed by atoms with Crippen molar-refractivity contribution in [3.63, 3.8) is 0 Å². The molecule has 1 atom stereocenters. The smallest absolute Gasteiger partial charge is 0.253 e. The van der Waals surface area contributed by atoms with Crippen molar-refractivity contribution in [2.75, 3.05) is 25.5 Å². The Labute approximate surface area is 164 Å². The minimum atomic E-state index is -3.56. The van der Waals surface area contributed by atoms with Crippen LogP contribution < -0.4 is 10.2 Å². The van der Waals surface area contributed by atoms with Gasteiger partial charge in [-0.2, -0.15) is 4.31 Å². The van der Waals surface area contributed by atoms with E-state index < -0.39 is 10.0 Å². The summed E-state index contributed by atoms with van der Waals surface area (Å²) >= 11 is 1.22. The van der Waals surface area contributed by atoms with Crippen molar-refractivity contribution < 1.29 is 13.2 Å². The molecule has 3 rings (SSSR count). The van der Waals surface area contributed by atoms with Gasteiger partial charge in [0.1, 0.15) is 4.21 Å². The maximum Gasteiger partial charge on any atom is 0.253 e. The number of amides is 1. The van der Waals surface area contributed by atoms with E-state index in [0.717, 1.165) is 29.0 Å². The van der Waals surface area contributed by atoms with Crippen LogP contribution in [0.1, 0.15) is 36.2 Å². The molecule has 1 aromatic carbocycles. The number of benzene rings is 1. The molecule has 0 aliphatic carbocycles. The molecular weight excluding hydrogens is 382 g/mol. The molecule has 1 N–H and O–H groups in total. The molecular formula is C19H25N3O3S2. The van der Waals surface area contributed by atoms with Crippen molar-refractivity contribution in [2.24, 2.45) is 0 Å². The second-order valence-electron chi connectivity index (χ2n) is 6.89. The highest BCUT2D eigenvalue weighted by Crippen LogP contribution is 2.38. The lowest BCUT2D eigenvalue weighted by molar-refractivity contribution is -0.119. The highest BCUT2D eigenvalue weighted by Gasteiger charge is 2.37. The summed E-state index contributed by atoms with van der Waals surface area (Å²) in [5, 5.41) is 2.71. The van der Waals surface area contributed by atoms with Crippen LogP contribution >= 0.6 is 11.3 Å². The van der Waals surface area contributed by atoms with E-state index in [0.29, 0.717) is 17.3 Å². The van der Waals surface area contributed by atoms with Gasteiger partial charge in [0.05, 0.1) is 12.6 Å². The Hall–Kier alpha value is -1.90. The lowest BCUT2D eigenvalue weighted by Gasteiger charge is -2.25. The van der Waals surface area contributed by atoms with Gasteiger partial charge in [-0.05, 0) is 42.7 Å². The molecule has 27 heavy (non-hydrogen) atoms. The average molecular weight is 408 g/mol. The summed E-state index contributed by atoms with van der Waals surface area (Å²) < 4.78 is 28.4. The van der Waals surface area contributed by atoms with E-state index in [-0.39, 0.29) is 11.9 Å². The highest BCUT2D eigenvalue weighted by molar-refractivity contribution is 7.91. The van der Waals surface area contributed by atoms with Gasteiger partial charge in [0, 0.05) is 38.1 Å². The van der Waals surface area contributed by atoms with Crippen LogP contribution in [0.15, 0.2) is 40.6 Å². The minimum absolute atomic E-state index is 0.131. The molecule has 0 spiro atoms. The zero-order chi connectivity index (χ0) is 19.6. The van der Waals surface area contributed by atoms with Crippen LogP contribution in [-0.4, -0.2) is 39.3 Å². The fourth-order valence-corrected chi connectivity index (χ4v) is 6.40. The molecule has 0 radical (unpaired) electrons. The van der Waals surface area contributed by atoms with Gasteiger partial charge in [0.2, 0.25) is 5.91 Å². The summed E-state index contributed by atoms with van der Waals surface area (Å²) in [6.07, 6.45) is 1.67. The maximum absolute atomic E-state index is 13.2. The van der Waals surface area contributed by atoms with Crippen LogP contribution in [0.5, 0.6) is 0 Å². The third-order valence-corrected chi connectivity index (χ3v) is 8.15. The van der Waals surface area contributed by atoms with Gasteiger partial charge in [0.25, 0.3) is 10.0 Å². The first-order valence-electron chi connectivity index (χ1n) is 8.91. The molecule has 1 aliphatic heterocycles. The lowest BCUT2D eigenvalue weighted by Crippen LogP contribution is -2.30. The largest absolute Gasteiger partial charge is 0.378 e. The SMILES string of the molecule is CC(=O)NCc1ccc(S(=O)(=O)N2CCCC2c2cccc(N(C)C)c2)s1. The van der Waals surface area contributed by atoms with Crippen LogP contribution in [0, 0.1) is 0 Å². The van der Waals surface area contributed by atoms with Crippen LogP contribution in [0.4, 0.5) is 5.69 Å². The molecule has 146 valence electrons. The highest BCUT2D eigenvalue weighted by atomic mass is 32.2. The quantitative estimate of drug-likeness (QED) is 0.799. The van der Waals surface area contributed by atoms with Crippen LogP contribution in [0.2, 0.25) is 0 Å². The van der Waals surface area contributed by atoms with E-state index in [1.807, 2.05) is 37.2 Å². The van der Waals surface area contributed by atoms with Gasteiger partial charge >= 0.3 is 0 Å². The van der Waals surface area contributed by atoms with E-state index in [2.05, 4.69) is 11.4 Å². The van der Waals surface area contributed by atoms with Crippen molar-refractivity contribution in [2.45, 2.75) is 36.6 Å². The Morgan fingerprint density at radius 3 is 2.78 bits per heavy atom. The van der Waals surface area contributed by atoms with Gasteiger partial charge in [-0.25, -0.2) is 8.42 Å². The third kappa shape index (κ3) is 4.34. The molecule has 1 aliphatic rings. The van der Waals surface area contributed by atoms with E-state index in [1.54, 1.807) is 16.4 Å². The number of anilines is 1. The first kappa shape index (κ1) is 19.9. The molecule has 1 amide bonds. The van der Waals surface area contributed by atoms with E-state index >= 15 is 0 Å². The standard InChI is InChI=1S/C19H25N3O3S2/c1-14(23)20-13-17-9-10-19(26-17)27(24,25)22-11-5-8-18(22)15-6-4-7-16(12-15)21(2)3/h4,6-7,9-10,12,18H,5,8,11,13H2,1-3H3,(H,20,23). The Balaban J connectivity index is 1.85. The van der Waals surface area contributed by atoms with Gasteiger partial charge in [-0.1, -0.05) is 12.1 Å². The number of rotatable bonds is 6.